The van der Waals surface area contributed by atoms with Crippen molar-refractivity contribution in [3.63, 3.8) is 0 Å². The van der Waals surface area contributed by atoms with E-state index in [9.17, 15) is 4.79 Å². The molecule has 0 saturated carbocycles. The van der Waals surface area contributed by atoms with Crippen molar-refractivity contribution in [3.05, 3.63) is 48.6 Å². The predicted octanol–water partition coefficient (Wildman–Crippen LogP) is 2.64. The van der Waals surface area contributed by atoms with Gasteiger partial charge in [0.2, 0.25) is 0 Å². The molecule has 0 atom stereocenters. The summed E-state index contributed by atoms with van der Waals surface area (Å²) < 4.78 is 12.1. The van der Waals surface area contributed by atoms with Gasteiger partial charge >= 0.3 is 0 Å². The standard InChI is InChI=1S/C15H16N2O3/c1-3-20-13-6-4-12(10-14(13)19-2)5-7-15(18)17-9-8-16-11-17/h4-11H,3H2,1-2H3/b7-5+. The van der Waals surface area contributed by atoms with Gasteiger partial charge in [-0.3, -0.25) is 9.36 Å². The molecule has 2 rings (SSSR count). The van der Waals surface area contributed by atoms with Crippen LogP contribution in [0.25, 0.3) is 6.08 Å². The van der Waals surface area contributed by atoms with Crippen LogP contribution in [-0.4, -0.2) is 29.2 Å². The van der Waals surface area contributed by atoms with Crippen LogP contribution in [0, 0.1) is 0 Å². The van der Waals surface area contributed by atoms with E-state index in [1.54, 1.807) is 25.6 Å². The fourth-order valence-electron chi connectivity index (χ4n) is 1.71. The first-order valence-electron chi connectivity index (χ1n) is 6.25. The molecule has 0 saturated heterocycles. The quantitative estimate of drug-likeness (QED) is 0.785. The second-order valence-electron chi connectivity index (χ2n) is 3.98. The van der Waals surface area contributed by atoms with Crippen LogP contribution in [-0.2, 0) is 0 Å². The van der Waals surface area contributed by atoms with Gasteiger partial charge in [-0.05, 0) is 30.7 Å². The summed E-state index contributed by atoms with van der Waals surface area (Å²) in [7, 11) is 1.59. The highest BCUT2D eigenvalue weighted by Crippen LogP contribution is 2.28. The minimum absolute atomic E-state index is 0.157. The first kappa shape index (κ1) is 13.9. The van der Waals surface area contributed by atoms with Crippen LogP contribution in [0.1, 0.15) is 17.3 Å². The molecule has 104 valence electrons. The van der Waals surface area contributed by atoms with Crippen molar-refractivity contribution in [1.29, 1.82) is 0 Å². The zero-order valence-electron chi connectivity index (χ0n) is 11.4. The Balaban J connectivity index is 2.15. The van der Waals surface area contributed by atoms with E-state index in [2.05, 4.69) is 4.98 Å². The van der Waals surface area contributed by atoms with Gasteiger partial charge in [-0.1, -0.05) is 6.07 Å². The van der Waals surface area contributed by atoms with Crippen LogP contribution in [0.4, 0.5) is 0 Å². The van der Waals surface area contributed by atoms with Crippen LogP contribution in [0.15, 0.2) is 43.0 Å². The average molecular weight is 272 g/mol. The summed E-state index contributed by atoms with van der Waals surface area (Å²) in [6.45, 7) is 2.49. The molecule has 0 aliphatic heterocycles. The maximum absolute atomic E-state index is 11.8. The molecule has 5 nitrogen and oxygen atoms in total. The number of hydrogen-bond acceptors (Lipinski definition) is 4. The number of methoxy groups -OCH3 is 1. The monoisotopic (exact) mass is 272 g/mol. The van der Waals surface area contributed by atoms with E-state index >= 15 is 0 Å². The van der Waals surface area contributed by atoms with E-state index in [4.69, 9.17) is 9.47 Å². The van der Waals surface area contributed by atoms with Gasteiger partial charge in [0.05, 0.1) is 13.7 Å². The Morgan fingerprint density at radius 2 is 2.25 bits per heavy atom. The van der Waals surface area contributed by atoms with E-state index < -0.39 is 0 Å². The molecule has 0 aliphatic rings. The first-order chi connectivity index (χ1) is 9.74. The molecule has 1 aromatic heterocycles. The molecule has 0 spiro atoms. The Kier molecular flexibility index (Phi) is 4.55. The first-order valence-corrected chi connectivity index (χ1v) is 6.25. The number of carbonyl (C=O) groups excluding carboxylic acids is 1. The lowest BCUT2D eigenvalue weighted by atomic mass is 10.2. The van der Waals surface area contributed by atoms with E-state index in [1.165, 1.54) is 17.0 Å². The largest absolute Gasteiger partial charge is 0.493 e. The van der Waals surface area contributed by atoms with Crippen LogP contribution < -0.4 is 9.47 Å². The molecule has 0 N–H and O–H groups in total. The highest BCUT2D eigenvalue weighted by Gasteiger charge is 2.04. The lowest BCUT2D eigenvalue weighted by molar-refractivity contribution is 0.0969. The molecule has 0 fully saturated rings. The molecule has 1 heterocycles. The third-order valence-electron chi connectivity index (χ3n) is 2.66. The molecule has 0 amide bonds. The number of hydrogen-bond donors (Lipinski definition) is 0. The average Bonchev–Trinajstić information content (AvgIpc) is 3.00. The highest BCUT2D eigenvalue weighted by atomic mass is 16.5. The molecule has 1 aromatic carbocycles. The second-order valence-corrected chi connectivity index (χ2v) is 3.98. The van der Waals surface area contributed by atoms with E-state index in [1.807, 2.05) is 25.1 Å². The number of allylic oxidation sites excluding steroid dienone is 1. The van der Waals surface area contributed by atoms with Crippen molar-refractivity contribution < 1.29 is 14.3 Å². The summed E-state index contributed by atoms with van der Waals surface area (Å²) in [4.78, 5) is 15.6. The van der Waals surface area contributed by atoms with Crippen molar-refractivity contribution in [2.24, 2.45) is 0 Å². The maximum Gasteiger partial charge on any atom is 0.255 e. The van der Waals surface area contributed by atoms with Crippen molar-refractivity contribution >= 4 is 12.0 Å². The normalized spacial score (nSPS) is 10.7. The summed E-state index contributed by atoms with van der Waals surface area (Å²) in [5.41, 5.74) is 0.860. The lowest BCUT2D eigenvalue weighted by Gasteiger charge is -2.09. The number of nitrogens with zero attached hydrogens (tertiary/aromatic N) is 2. The minimum Gasteiger partial charge on any atom is -0.493 e. The summed E-state index contributed by atoms with van der Waals surface area (Å²) in [5.74, 6) is 1.17. The summed E-state index contributed by atoms with van der Waals surface area (Å²) >= 11 is 0. The van der Waals surface area contributed by atoms with Crippen molar-refractivity contribution in [2.45, 2.75) is 6.92 Å². The van der Waals surface area contributed by atoms with Gasteiger partial charge in [-0.2, -0.15) is 0 Å². The number of rotatable bonds is 5. The number of imidazole rings is 1. The summed E-state index contributed by atoms with van der Waals surface area (Å²) in [6.07, 6.45) is 7.83. The third-order valence-corrected chi connectivity index (χ3v) is 2.66. The Morgan fingerprint density at radius 3 is 2.90 bits per heavy atom. The van der Waals surface area contributed by atoms with Gasteiger partial charge < -0.3 is 9.47 Å². The maximum atomic E-state index is 11.8. The number of benzene rings is 1. The zero-order chi connectivity index (χ0) is 14.4. The number of ether oxygens (including phenoxy) is 2. The summed E-state index contributed by atoms with van der Waals surface area (Å²) in [5, 5.41) is 0. The molecule has 0 radical (unpaired) electrons. The van der Waals surface area contributed by atoms with Crippen molar-refractivity contribution in [2.75, 3.05) is 13.7 Å². The Morgan fingerprint density at radius 1 is 1.40 bits per heavy atom. The lowest BCUT2D eigenvalue weighted by Crippen LogP contribution is -2.03. The van der Waals surface area contributed by atoms with Gasteiger partial charge in [0.15, 0.2) is 11.5 Å². The Labute approximate surface area is 117 Å². The molecule has 20 heavy (non-hydrogen) atoms. The topological polar surface area (TPSA) is 53.4 Å². The van der Waals surface area contributed by atoms with Gasteiger partial charge in [-0.25, -0.2) is 4.98 Å². The number of carbonyl (C=O) groups is 1. The van der Waals surface area contributed by atoms with Crippen LogP contribution in [0.3, 0.4) is 0 Å². The Bertz CT molecular complexity index is 604. The molecule has 2 aromatic rings. The molecule has 0 aliphatic carbocycles. The van der Waals surface area contributed by atoms with Crippen LogP contribution >= 0.6 is 0 Å². The Hall–Kier alpha value is -2.56. The van der Waals surface area contributed by atoms with Gasteiger partial charge in [0.1, 0.15) is 6.33 Å². The predicted molar refractivity (Wildman–Crippen MR) is 76.1 cm³/mol. The SMILES string of the molecule is CCOc1ccc(/C=C/C(=O)n2ccnc2)cc1OC. The third kappa shape index (κ3) is 3.26. The van der Waals surface area contributed by atoms with Crippen molar-refractivity contribution in [3.8, 4) is 11.5 Å². The van der Waals surface area contributed by atoms with Crippen LogP contribution in [0.2, 0.25) is 0 Å². The smallest absolute Gasteiger partial charge is 0.255 e. The fourth-order valence-corrected chi connectivity index (χ4v) is 1.71. The molecular weight excluding hydrogens is 256 g/mol. The van der Waals surface area contributed by atoms with Gasteiger partial charge in [-0.15, -0.1) is 0 Å². The molecule has 5 heteroatoms. The second kappa shape index (κ2) is 6.56. The molecular formula is C15H16N2O3. The fraction of sp³-hybridized carbons (Fsp3) is 0.200. The number of aromatic nitrogens is 2. The van der Waals surface area contributed by atoms with Gasteiger partial charge in [0.25, 0.3) is 5.91 Å². The molecule has 0 bridgehead atoms. The summed E-state index contributed by atoms with van der Waals surface area (Å²) in [6, 6.07) is 5.51. The zero-order valence-corrected chi connectivity index (χ0v) is 11.4. The van der Waals surface area contributed by atoms with E-state index in [0.29, 0.717) is 18.1 Å². The highest BCUT2D eigenvalue weighted by molar-refractivity contribution is 5.93. The van der Waals surface area contributed by atoms with Crippen LogP contribution in [0.5, 0.6) is 11.5 Å². The van der Waals surface area contributed by atoms with E-state index in [-0.39, 0.29) is 5.91 Å². The van der Waals surface area contributed by atoms with Gasteiger partial charge in [0, 0.05) is 18.5 Å². The van der Waals surface area contributed by atoms with E-state index in [0.717, 1.165) is 5.56 Å². The minimum atomic E-state index is -0.157. The van der Waals surface area contributed by atoms with Crippen molar-refractivity contribution in [1.82, 2.24) is 9.55 Å². The molecule has 0 unspecified atom stereocenters.